The van der Waals surface area contributed by atoms with Gasteiger partial charge in [0.2, 0.25) is 0 Å². The number of tetrazole rings is 1. The molecule has 1 aromatic carbocycles. The highest BCUT2D eigenvalue weighted by molar-refractivity contribution is 5.95. The van der Waals surface area contributed by atoms with Gasteiger partial charge in [-0.1, -0.05) is 12.1 Å². The van der Waals surface area contributed by atoms with E-state index in [-0.39, 0.29) is 18.1 Å². The van der Waals surface area contributed by atoms with Crippen LogP contribution in [-0.4, -0.2) is 51.5 Å². The van der Waals surface area contributed by atoms with E-state index in [1.54, 1.807) is 4.68 Å². The molecule has 8 heteroatoms. The van der Waals surface area contributed by atoms with Gasteiger partial charge in [-0.2, -0.15) is 0 Å². The lowest BCUT2D eigenvalue weighted by Crippen LogP contribution is -2.44. The van der Waals surface area contributed by atoms with E-state index >= 15 is 0 Å². The molecule has 128 valence electrons. The van der Waals surface area contributed by atoms with Gasteiger partial charge in [-0.25, -0.2) is 4.68 Å². The molecule has 0 spiro atoms. The summed E-state index contributed by atoms with van der Waals surface area (Å²) in [6, 6.07) is 7.56. The fourth-order valence-corrected chi connectivity index (χ4v) is 2.60. The number of nitrogens with one attached hydrogen (secondary N) is 1. The van der Waals surface area contributed by atoms with Crippen molar-refractivity contribution < 1.29 is 14.3 Å². The molecule has 1 N–H and O–H groups in total. The van der Waals surface area contributed by atoms with Crippen molar-refractivity contribution in [2.75, 3.05) is 18.5 Å². The van der Waals surface area contributed by atoms with Crippen LogP contribution in [0.25, 0.3) is 11.4 Å². The summed E-state index contributed by atoms with van der Waals surface area (Å²) in [7, 11) is 0. The molecule has 0 unspecified atom stereocenters. The lowest BCUT2D eigenvalue weighted by atomic mass is 10.1. The van der Waals surface area contributed by atoms with Crippen LogP contribution in [0.1, 0.15) is 26.8 Å². The maximum atomic E-state index is 12.4. The smallest absolute Gasteiger partial charge is 0.256 e. The minimum atomic E-state index is -0.608. The number of carbonyl (C=O) groups is 1. The third-order valence-corrected chi connectivity index (χ3v) is 3.82. The Labute approximate surface area is 140 Å². The van der Waals surface area contributed by atoms with Crippen LogP contribution in [0.3, 0.4) is 0 Å². The Balaban J connectivity index is 1.78. The maximum Gasteiger partial charge on any atom is 0.256 e. The molecule has 1 saturated heterocycles. The normalized spacial score (nSPS) is 21.0. The summed E-state index contributed by atoms with van der Waals surface area (Å²) in [4.78, 5) is 12.4. The summed E-state index contributed by atoms with van der Waals surface area (Å²) >= 11 is 0. The molecule has 0 radical (unpaired) electrons. The molecule has 8 nitrogen and oxygen atoms in total. The molecule has 1 amide bonds. The Morgan fingerprint density at radius 2 is 2.12 bits per heavy atom. The molecular weight excluding hydrogens is 310 g/mol. The highest BCUT2D eigenvalue weighted by Gasteiger charge is 2.29. The molecule has 1 aliphatic rings. The molecule has 2 aromatic rings. The summed E-state index contributed by atoms with van der Waals surface area (Å²) in [5, 5.41) is 14.7. The van der Waals surface area contributed by atoms with Gasteiger partial charge < -0.3 is 14.8 Å². The van der Waals surface area contributed by atoms with Crippen LogP contribution in [0.15, 0.2) is 24.3 Å². The van der Waals surface area contributed by atoms with Crippen molar-refractivity contribution in [3.8, 4) is 11.4 Å². The number of nitrogens with zero attached hydrogens (tertiary/aromatic N) is 4. The predicted molar refractivity (Wildman–Crippen MR) is 87.4 cm³/mol. The largest absolute Gasteiger partial charge is 0.373 e. The highest BCUT2D eigenvalue weighted by Crippen LogP contribution is 2.23. The van der Waals surface area contributed by atoms with Crippen molar-refractivity contribution >= 4 is 11.6 Å². The number of benzene rings is 1. The molecule has 2 heterocycles. The summed E-state index contributed by atoms with van der Waals surface area (Å²) < 4.78 is 12.7. The Kier molecular flexibility index (Phi) is 4.86. The quantitative estimate of drug-likeness (QED) is 0.916. The van der Waals surface area contributed by atoms with E-state index in [1.807, 2.05) is 45.0 Å². The standard InChI is InChI=1S/C16H21N5O3/c1-10(2)21-15(18-19-20-21)12-5-4-6-13(9-12)17-16(22)14-11(3)23-7-8-24-14/h4-6,9-11,14H,7-8H2,1-3H3,(H,17,22)/t11-,14-/m1/s1. The molecule has 1 fully saturated rings. The lowest BCUT2D eigenvalue weighted by Gasteiger charge is -2.28. The van der Waals surface area contributed by atoms with Crippen molar-refractivity contribution in [3.05, 3.63) is 24.3 Å². The predicted octanol–water partition coefficient (Wildman–Crippen LogP) is 1.66. The summed E-state index contributed by atoms with van der Waals surface area (Å²) in [5.41, 5.74) is 1.50. The minimum absolute atomic E-state index is 0.141. The summed E-state index contributed by atoms with van der Waals surface area (Å²) in [5.74, 6) is 0.439. The van der Waals surface area contributed by atoms with Crippen LogP contribution < -0.4 is 5.32 Å². The van der Waals surface area contributed by atoms with E-state index < -0.39 is 6.10 Å². The first-order valence-corrected chi connectivity index (χ1v) is 7.98. The number of aromatic nitrogens is 4. The van der Waals surface area contributed by atoms with Crippen molar-refractivity contribution in [1.29, 1.82) is 0 Å². The van der Waals surface area contributed by atoms with Crippen LogP contribution in [0.4, 0.5) is 5.69 Å². The Hall–Kier alpha value is -2.32. The average Bonchev–Trinajstić information content (AvgIpc) is 3.05. The molecule has 2 atom stereocenters. The van der Waals surface area contributed by atoms with E-state index in [2.05, 4.69) is 20.8 Å². The van der Waals surface area contributed by atoms with E-state index in [1.165, 1.54) is 0 Å². The Bertz CT molecular complexity index is 715. The van der Waals surface area contributed by atoms with Crippen molar-refractivity contribution in [1.82, 2.24) is 20.2 Å². The second-order valence-corrected chi connectivity index (χ2v) is 5.98. The highest BCUT2D eigenvalue weighted by atomic mass is 16.6. The zero-order valence-corrected chi connectivity index (χ0v) is 14.0. The zero-order valence-electron chi connectivity index (χ0n) is 14.0. The van der Waals surface area contributed by atoms with E-state index in [0.717, 1.165) is 5.56 Å². The maximum absolute atomic E-state index is 12.4. The van der Waals surface area contributed by atoms with Crippen LogP contribution >= 0.6 is 0 Å². The Morgan fingerprint density at radius 1 is 1.33 bits per heavy atom. The molecule has 0 aliphatic carbocycles. The third-order valence-electron chi connectivity index (χ3n) is 3.82. The fraction of sp³-hybridized carbons (Fsp3) is 0.500. The second kappa shape index (κ2) is 7.06. The number of hydrogen-bond acceptors (Lipinski definition) is 6. The second-order valence-electron chi connectivity index (χ2n) is 5.98. The fourth-order valence-electron chi connectivity index (χ4n) is 2.60. The van der Waals surface area contributed by atoms with Gasteiger partial charge >= 0.3 is 0 Å². The summed E-state index contributed by atoms with van der Waals surface area (Å²) in [6.07, 6.45) is -0.876. The summed E-state index contributed by atoms with van der Waals surface area (Å²) in [6.45, 7) is 6.78. The van der Waals surface area contributed by atoms with Gasteiger partial charge in [-0.15, -0.1) is 5.10 Å². The van der Waals surface area contributed by atoms with Gasteiger partial charge in [-0.3, -0.25) is 4.79 Å². The van der Waals surface area contributed by atoms with Gasteiger partial charge in [0.1, 0.15) is 0 Å². The first-order valence-electron chi connectivity index (χ1n) is 7.98. The number of ether oxygens (including phenoxy) is 2. The molecule has 1 aromatic heterocycles. The first kappa shape index (κ1) is 16.5. The molecule has 0 saturated carbocycles. The van der Waals surface area contributed by atoms with Gasteiger partial charge in [0, 0.05) is 11.3 Å². The zero-order chi connectivity index (χ0) is 17.1. The number of anilines is 1. The third kappa shape index (κ3) is 3.44. The molecular formula is C16H21N5O3. The van der Waals surface area contributed by atoms with Crippen LogP contribution in [-0.2, 0) is 14.3 Å². The van der Waals surface area contributed by atoms with Gasteiger partial charge in [0.25, 0.3) is 5.91 Å². The SMILES string of the molecule is CC(C)n1nnnc1-c1cccc(NC(=O)[C@@H]2OCCO[C@@H]2C)c1. The van der Waals surface area contributed by atoms with Gasteiger partial charge in [0.15, 0.2) is 11.9 Å². The Morgan fingerprint density at radius 3 is 2.88 bits per heavy atom. The molecule has 0 bridgehead atoms. The topological polar surface area (TPSA) is 91.2 Å². The van der Waals surface area contributed by atoms with Gasteiger partial charge in [0.05, 0.1) is 25.4 Å². The van der Waals surface area contributed by atoms with Crippen molar-refractivity contribution in [2.45, 2.75) is 39.0 Å². The van der Waals surface area contributed by atoms with Gasteiger partial charge in [-0.05, 0) is 43.3 Å². The van der Waals surface area contributed by atoms with E-state index in [9.17, 15) is 4.79 Å². The monoisotopic (exact) mass is 331 g/mol. The van der Waals surface area contributed by atoms with Crippen molar-refractivity contribution in [2.24, 2.45) is 0 Å². The number of carbonyl (C=O) groups excluding carboxylic acids is 1. The molecule has 1 aliphatic heterocycles. The first-order chi connectivity index (χ1) is 11.6. The number of rotatable bonds is 4. The molecule has 3 rings (SSSR count). The van der Waals surface area contributed by atoms with Crippen LogP contribution in [0.2, 0.25) is 0 Å². The minimum Gasteiger partial charge on any atom is -0.373 e. The van der Waals surface area contributed by atoms with E-state index in [4.69, 9.17) is 9.47 Å². The number of amides is 1. The van der Waals surface area contributed by atoms with Crippen molar-refractivity contribution in [3.63, 3.8) is 0 Å². The number of hydrogen-bond donors (Lipinski definition) is 1. The van der Waals surface area contributed by atoms with Crippen LogP contribution in [0, 0.1) is 0 Å². The van der Waals surface area contributed by atoms with Crippen LogP contribution in [0.5, 0.6) is 0 Å². The molecule has 24 heavy (non-hydrogen) atoms. The average molecular weight is 331 g/mol. The lowest BCUT2D eigenvalue weighted by molar-refractivity contribution is -0.157. The van der Waals surface area contributed by atoms with E-state index in [0.29, 0.717) is 24.7 Å².